The first-order chi connectivity index (χ1) is 13.6. The molecule has 1 fully saturated rings. The van der Waals surface area contributed by atoms with E-state index in [-0.39, 0.29) is 12.3 Å². The highest BCUT2D eigenvalue weighted by Crippen LogP contribution is 2.28. The van der Waals surface area contributed by atoms with Crippen molar-refractivity contribution >= 4 is 5.91 Å². The Bertz CT molecular complexity index is 921. The maximum absolute atomic E-state index is 12.5. The number of nitrogens with zero attached hydrogens (tertiary/aromatic N) is 8. The van der Waals surface area contributed by atoms with Crippen LogP contribution in [0.2, 0.25) is 0 Å². The summed E-state index contributed by atoms with van der Waals surface area (Å²) in [5.41, 5.74) is 0.794. The van der Waals surface area contributed by atoms with E-state index in [1.54, 1.807) is 11.0 Å². The number of likely N-dealkylation sites (tertiary alicyclic amines) is 1. The van der Waals surface area contributed by atoms with Crippen LogP contribution in [0, 0.1) is 6.92 Å². The smallest absolute Gasteiger partial charge is 0.230 e. The van der Waals surface area contributed by atoms with Crippen LogP contribution in [-0.2, 0) is 24.3 Å². The largest absolute Gasteiger partial charge is 0.361 e. The summed E-state index contributed by atoms with van der Waals surface area (Å²) in [6, 6.07) is 1.81. The topological polar surface area (TPSA) is 108 Å². The van der Waals surface area contributed by atoms with Crippen LogP contribution < -0.4 is 0 Å². The fourth-order valence-corrected chi connectivity index (χ4v) is 3.72. The third-order valence-electron chi connectivity index (χ3n) is 5.16. The number of hydrogen-bond acceptors (Lipinski definition) is 7. The predicted molar refractivity (Wildman–Crippen MR) is 98.3 cm³/mol. The minimum absolute atomic E-state index is 0.0819. The van der Waals surface area contributed by atoms with Gasteiger partial charge < -0.3 is 14.0 Å². The molecule has 148 valence electrons. The van der Waals surface area contributed by atoms with Gasteiger partial charge in [-0.3, -0.25) is 4.79 Å². The summed E-state index contributed by atoms with van der Waals surface area (Å²) < 4.78 is 9.06. The summed E-state index contributed by atoms with van der Waals surface area (Å²) in [6.45, 7) is 6.72. The normalized spacial score (nSPS) is 15.3. The van der Waals surface area contributed by atoms with Gasteiger partial charge in [0, 0.05) is 31.6 Å². The Morgan fingerprint density at radius 2 is 2.11 bits per heavy atom. The predicted octanol–water partition coefficient (Wildman–Crippen LogP) is 1.18. The maximum atomic E-state index is 12.5. The van der Waals surface area contributed by atoms with Crippen molar-refractivity contribution in [3.63, 3.8) is 0 Å². The van der Waals surface area contributed by atoms with Gasteiger partial charge in [-0.15, -0.1) is 10.2 Å². The summed E-state index contributed by atoms with van der Waals surface area (Å²) >= 11 is 0. The van der Waals surface area contributed by atoms with E-state index in [0.29, 0.717) is 31.3 Å². The highest BCUT2D eigenvalue weighted by atomic mass is 16.5. The molecule has 10 heteroatoms. The molecule has 0 saturated carbocycles. The molecular weight excluding hydrogens is 360 g/mol. The molecule has 1 aliphatic heterocycles. The molecule has 0 spiro atoms. The standard InChI is InChI=1S/C18H24N8O2/c1-3-26-16(10-25-12-19-11-20-25)21-22-18(26)14-4-6-24(7-5-14)17(27)9-15-8-13(2)23-28-15/h8,11-12,14H,3-7,9-10H2,1-2H3. The molecule has 0 atom stereocenters. The molecular formula is C18H24N8O2. The minimum Gasteiger partial charge on any atom is -0.361 e. The van der Waals surface area contributed by atoms with Crippen LogP contribution in [0.3, 0.4) is 0 Å². The SMILES string of the molecule is CCn1c(Cn2cncn2)nnc1C1CCN(C(=O)Cc2cc(C)no2)CC1. The quantitative estimate of drug-likeness (QED) is 0.628. The molecule has 1 saturated heterocycles. The van der Waals surface area contributed by atoms with Gasteiger partial charge in [0.2, 0.25) is 5.91 Å². The van der Waals surface area contributed by atoms with E-state index >= 15 is 0 Å². The lowest BCUT2D eigenvalue weighted by atomic mass is 9.95. The van der Waals surface area contributed by atoms with Crippen LogP contribution in [0.4, 0.5) is 0 Å². The number of carbonyl (C=O) groups is 1. The van der Waals surface area contributed by atoms with E-state index < -0.39 is 0 Å². The Morgan fingerprint density at radius 3 is 2.75 bits per heavy atom. The molecule has 3 aromatic rings. The molecule has 1 aliphatic rings. The fourth-order valence-electron chi connectivity index (χ4n) is 3.72. The highest BCUT2D eigenvalue weighted by Gasteiger charge is 2.28. The second-order valence-electron chi connectivity index (χ2n) is 7.08. The Morgan fingerprint density at radius 1 is 1.29 bits per heavy atom. The zero-order valence-electron chi connectivity index (χ0n) is 16.2. The van der Waals surface area contributed by atoms with Crippen molar-refractivity contribution in [2.24, 2.45) is 0 Å². The van der Waals surface area contributed by atoms with Gasteiger partial charge in [-0.25, -0.2) is 9.67 Å². The third-order valence-corrected chi connectivity index (χ3v) is 5.16. The van der Waals surface area contributed by atoms with Gasteiger partial charge in [0.05, 0.1) is 12.1 Å². The lowest BCUT2D eigenvalue weighted by molar-refractivity contribution is -0.131. The Balaban J connectivity index is 1.38. The van der Waals surface area contributed by atoms with Crippen molar-refractivity contribution < 1.29 is 9.32 Å². The molecule has 4 rings (SSSR count). The summed E-state index contributed by atoms with van der Waals surface area (Å²) in [5, 5.41) is 16.8. The van der Waals surface area contributed by atoms with E-state index in [1.807, 2.05) is 17.9 Å². The van der Waals surface area contributed by atoms with Gasteiger partial charge in [0.15, 0.2) is 5.82 Å². The Hall–Kier alpha value is -3.04. The summed E-state index contributed by atoms with van der Waals surface area (Å²) in [6.07, 6.45) is 5.21. The molecule has 0 N–H and O–H groups in total. The number of carbonyl (C=O) groups excluding carboxylic acids is 1. The van der Waals surface area contributed by atoms with Gasteiger partial charge in [-0.2, -0.15) is 5.10 Å². The van der Waals surface area contributed by atoms with Crippen LogP contribution in [0.1, 0.15) is 48.8 Å². The lowest BCUT2D eigenvalue weighted by Gasteiger charge is -2.31. The molecule has 28 heavy (non-hydrogen) atoms. The molecule has 1 amide bonds. The Labute approximate surface area is 162 Å². The zero-order chi connectivity index (χ0) is 19.5. The van der Waals surface area contributed by atoms with Crippen molar-refractivity contribution in [2.75, 3.05) is 13.1 Å². The number of piperidine rings is 1. The van der Waals surface area contributed by atoms with Crippen LogP contribution in [0.15, 0.2) is 23.2 Å². The number of aryl methyl sites for hydroxylation is 1. The molecule has 4 heterocycles. The molecule has 0 aliphatic carbocycles. The first-order valence-corrected chi connectivity index (χ1v) is 9.58. The molecule has 0 bridgehead atoms. The first-order valence-electron chi connectivity index (χ1n) is 9.58. The van der Waals surface area contributed by atoms with E-state index in [0.717, 1.165) is 36.7 Å². The summed E-state index contributed by atoms with van der Waals surface area (Å²) in [7, 11) is 0. The molecule has 0 radical (unpaired) electrons. The van der Waals surface area contributed by atoms with Crippen LogP contribution >= 0.6 is 0 Å². The Kier molecular flexibility index (Phi) is 5.18. The third kappa shape index (κ3) is 3.80. The zero-order valence-corrected chi connectivity index (χ0v) is 16.2. The second-order valence-corrected chi connectivity index (χ2v) is 7.08. The average molecular weight is 384 g/mol. The minimum atomic E-state index is 0.0819. The highest BCUT2D eigenvalue weighted by molar-refractivity contribution is 5.78. The van der Waals surface area contributed by atoms with Gasteiger partial charge in [0.25, 0.3) is 0 Å². The van der Waals surface area contributed by atoms with Gasteiger partial charge in [0.1, 0.15) is 30.8 Å². The van der Waals surface area contributed by atoms with E-state index in [2.05, 4.69) is 36.9 Å². The molecule has 10 nitrogen and oxygen atoms in total. The van der Waals surface area contributed by atoms with Gasteiger partial charge >= 0.3 is 0 Å². The van der Waals surface area contributed by atoms with Crippen LogP contribution in [0.25, 0.3) is 0 Å². The first kappa shape index (κ1) is 18.3. The fraction of sp³-hybridized carbons (Fsp3) is 0.556. The van der Waals surface area contributed by atoms with Crippen LogP contribution in [0.5, 0.6) is 0 Å². The number of aromatic nitrogens is 7. The van der Waals surface area contributed by atoms with Crippen molar-refractivity contribution in [3.8, 4) is 0 Å². The number of hydrogen-bond donors (Lipinski definition) is 0. The van der Waals surface area contributed by atoms with Crippen molar-refractivity contribution in [1.29, 1.82) is 0 Å². The van der Waals surface area contributed by atoms with Gasteiger partial charge in [-0.1, -0.05) is 5.16 Å². The lowest BCUT2D eigenvalue weighted by Crippen LogP contribution is -2.39. The average Bonchev–Trinajstić information content (AvgIpc) is 3.44. The molecule has 0 unspecified atom stereocenters. The van der Waals surface area contributed by atoms with Crippen molar-refractivity contribution in [3.05, 3.63) is 41.8 Å². The van der Waals surface area contributed by atoms with Crippen LogP contribution in [-0.4, -0.2) is 58.6 Å². The number of amides is 1. The maximum Gasteiger partial charge on any atom is 0.230 e. The second kappa shape index (κ2) is 7.91. The van der Waals surface area contributed by atoms with E-state index in [9.17, 15) is 4.79 Å². The summed E-state index contributed by atoms with van der Waals surface area (Å²) in [4.78, 5) is 18.4. The number of rotatable bonds is 6. The van der Waals surface area contributed by atoms with Crippen molar-refractivity contribution in [1.82, 2.24) is 39.6 Å². The van der Waals surface area contributed by atoms with Gasteiger partial charge in [-0.05, 0) is 26.7 Å². The molecule has 3 aromatic heterocycles. The molecule has 0 aromatic carbocycles. The van der Waals surface area contributed by atoms with Crippen molar-refractivity contribution in [2.45, 2.75) is 52.1 Å². The monoisotopic (exact) mass is 384 g/mol. The van der Waals surface area contributed by atoms with E-state index in [1.165, 1.54) is 6.33 Å². The van der Waals surface area contributed by atoms with E-state index in [4.69, 9.17) is 4.52 Å². The summed E-state index contributed by atoms with van der Waals surface area (Å²) in [5.74, 6) is 2.87.